The molecule has 2 N–H and O–H groups in total. The number of benzene rings is 1. The predicted octanol–water partition coefficient (Wildman–Crippen LogP) is 3.05. The summed E-state index contributed by atoms with van der Waals surface area (Å²) in [5.74, 6) is 0.429. The van der Waals surface area contributed by atoms with Gasteiger partial charge in [-0.25, -0.2) is 0 Å². The average Bonchev–Trinajstić information content (AvgIpc) is 2.41. The van der Waals surface area contributed by atoms with E-state index in [2.05, 4.69) is 36.2 Å². The molecule has 0 radical (unpaired) electrons. The fraction of sp³-hybridized carbons (Fsp3) is 0.600. The summed E-state index contributed by atoms with van der Waals surface area (Å²) in [6.07, 6.45) is 3.61. The Morgan fingerprint density at radius 2 is 2.06 bits per heavy atom. The van der Waals surface area contributed by atoms with Crippen molar-refractivity contribution < 1.29 is 5.11 Å². The minimum absolute atomic E-state index is 0.324. The van der Waals surface area contributed by atoms with E-state index in [0.29, 0.717) is 11.8 Å². The number of phenolic OH excluding ortho intramolecular Hbond substituents is 1. The summed E-state index contributed by atoms with van der Waals surface area (Å²) in [5.41, 5.74) is 2.16. The predicted molar refractivity (Wildman–Crippen MR) is 76.3 cm³/mol. The first kappa shape index (κ1) is 13.2. The van der Waals surface area contributed by atoms with E-state index >= 15 is 0 Å². The summed E-state index contributed by atoms with van der Waals surface area (Å²) in [5, 5.41) is 13.7. The molecule has 1 aromatic rings. The molecule has 0 unspecified atom stereocenters. The molecule has 3 heteroatoms. The van der Waals surface area contributed by atoms with Gasteiger partial charge in [-0.1, -0.05) is 12.5 Å². The van der Waals surface area contributed by atoms with Crippen molar-refractivity contribution in [1.29, 1.82) is 0 Å². The quantitative estimate of drug-likeness (QED) is 0.859. The number of hydrogen-bond donors (Lipinski definition) is 2. The second kappa shape index (κ2) is 6.10. The van der Waals surface area contributed by atoms with Gasteiger partial charge in [0.05, 0.1) is 0 Å². The number of rotatable bonds is 4. The number of phenols is 1. The SMILES string of the molecule is CCN(CC)c1ccc([C@@H]2CCCCN2)c(O)c1. The van der Waals surface area contributed by atoms with Gasteiger partial charge in [-0.05, 0) is 39.3 Å². The van der Waals surface area contributed by atoms with Crippen molar-refractivity contribution >= 4 is 5.69 Å². The van der Waals surface area contributed by atoms with E-state index in [1.54, 1.807) is 0 Å². The van der Waals surface area contributed by atoms with Gasteiger partial charge in [-0.3, -0.25) is 0 Å². The first-order valence-electron chi connectivity index (χ1n) is 7.07. The zero-order valence-corrected chi connectivity index (χ0v) is 11.4. The Kier molecular flexibility index (Phi) is 4.48. The van der Waals surface area contributed by atoms with Gasteiger partial charge >= 0.3 is 0 Å². The molecule has 0 aromatic heterocycles. The van der Waals surface area contributed by atoms with Crippen molar-refractivity contribution in [2.75, 3.05) is 24.5 Å². The summed E-state index contributed by atoms with van der Waals surface area (Å²) in [7, 11) is 0. The Morgan fingerprint density at radius 3 is 2.61 bits per heavy atom. The second-order valence-corrected chi connectivity index (χ2v) is 4.92. The number of nitrogens with one attached hydrogen (secondary N) is 1. The van der Waals surface area contributed by atoms with Crippen LogP contribution in [0.4, 0.5) is 5.69 Å². The van der Waals surface area contributed by atoms with Gasteiger partial charge in [-0.2, -0.15) is 0 Å². The lowest BCUT2D eigenvalue weighted by atomic mass is 9.96. The number of hydrogen-bond acceptors (Lipinski definition) is 3. The van der Waals surface area contributed by atoms with Gasteiger partial charge in [0, 0.05) is 36.4 Å². The maximum absolute atomic E-state index is 10.2. The van der Waals surface area contributed by atoms with Gasteiger partial charge in [-0.15, -0.1) is 0 Å². The van der Waals surface area contributed by atoms with Crippen LogP contribution < -0.4 is 10.2 Å². The van der Waals surface area contributed by atoms with Crippen molar-refractivity contribution in [2.24, 2.45) is 0 Å². The summed E-state index contributed by atoms with van der Waals surface area (Å²) in [6.45, 7) is 7.27. The molecule has 0 saturated carbocycles. The Labute approximate surface area is 110 Å². The van der Waals surface area contributed by atoms with Crippen LogP contribution in [0.15, 0.2) is 18.2 Å². The van der Waals surface area contributed by atoms with E-state index in [1.165, 1.54) is 12.8 Å². The van der Waals surface area contributed by atoms with Crippen molar-refractivity contribution in [3.63, 3.8) is 0 Å². The number of anilines is 1. The highest BCUT2D eigenvalue weighted by Crippen LogP contribution is 2.32. The summed E-state index contributed by atoms with van der Waals surface area (Å²) >= 11 is 0. The molecule has 1 fully saturated rings. The topological polar surface area (TPSA) is 35.5 Å². The van der Waals surface area contributed by atoms with Crippen LogP contribution in [0.2, 0.25) is 0 Å². The van der Waals surface area contributed by atoms with E-state index in [-0.39, 0.29) is 0 Å². The van der Waals surface area contributed by atoms with Crippen LogP contribution >= 0.6 is 0 Å². The Balaban J connectivity index is 2.18. The molecule has 0 spiro atoms. The third-order valence-electron chi connectivity index (χ3n) is 3.83. The lowest BCUT2D eigenvalue weighted by molar-refractivity contribution is 0.391. The van der Waals surface area contributed by atoms with Crippen LogP contribution in [0.1, 0.15) is 44.7 Å². The third kappa shape index (κ3) is 2.78. The Bertz CT molecular complexity index is 382. The fourth-order valence-corrected chi connectivity index (χ4v) is 2.73. The fourth-order valence-electron chi connectivity index (χ4n) is 2.73. The molecule has 1 aliphatic rings. The van der Waals surface area contributed by atoms with E-state index in [9.17, 15) is 5.11 Å². The molecule has 100 valence electrons. The number of piperidine rings is 1. The molecular formula is C15H24N2O. The summed E-state index contributed by atoms with van der Waals surface area (Å²) in [6, 6.07) is 6.42. The molecule has 3 nitrogen and oxygen atoms in total. The van der Waals surface area contributed by atoms with Crippen molar-refractivity contribution in [3.8, 4) is 5.75 Å². The molecular weight excluding hydrogens is 224 g/mol. The van der Waals surface area contributed by atoms with Crippen LogP contribution in [0.25, 0.3) is 0 Å². The minimum Gasteiger partial charge on any atom is -0.508 e. The number of nitrogens with zero attached hydrogens (tertiary/aromatic N) is 1. The van der Waals surface area contributed by atoms with Crippen LogP contribution in [0.3, 0.4) is 0 Å². The smallest absolute Gasteiger partial charge is 0.122 e. The molecule has 1 aromatic carbocycles. The molecule has 18 heavy (non-hydrogen) atoms. The van der Waals surface area contributed by atoms with Crippen molar-refractivity contribution in [1.82, 2.24) is 5.32 Å². The first-order valence-corrected chi connectivity index (χ1v) is 7.07. The van der Waals surface area contributed by atoms with Crippen LogP contribution in [0, 0.1) is 0 Å². The van der Waals surface area contributed by atoms with Gasteiger partial charge in [0.2, 0.25) is 0 Å². The zero-order chi connectivity index (χ0) is 13.0. The monoisotopic (exact) mass is 248 g/mol. The van der Waals surface area contributed by atoms with Crippen LogP contribution in [0.5, 0.6) is 5.75 Å². The first-order chi connectivity index (χ1) is 8.76. The third-order valence-corrected chi connectivity index (χ3v) is 3.83. The maximum Gasteiger partial charge on any atom is 0.122 e. The molecule has 1 heterocycles. The largest absolute Gasteiger partial charge is 0.508 e. The molecule has 1 saturated heterocycles. The summed E-state index contributed by atoms with van der Waals surface area (Å²) in [4.78, 5) is 2.25. The molecule has 0 amide bonds. The van der Waals surface area contributed by atoms with Gasteiger partial charge in [0.1, 0.15) is 5.75 Å². The number of aromatic hydroxyl groups is 1. The Morgan fingerprint density at radius 1 is 1.28 bits per heavy atom. The van der Waals surface area contributed by atoms with E-state index in [1.807, 2.05) is 6.07 Å². The molecule has 1 aliphatic heterocycles. The second-order valence-electron chi connectivity index (χ2n) is 4.92. The lowest BCUT2D eigenvalue weighted by Crippen LogP contribution is -2.27. The maximum atomic E-state index is 10.2. The molecule has 0 bridgehead atoms. The van der Waals surface area contributed by atoms with Crippen LogP contribution in [-0.4, -0.2) is 24.7 Å². The van der Waals surface area contributed by atoms with Gasteiger partial charge in [0.15, 0.2) is 0 Å². The summed E-state index contributed by atoms with van der Waals surface area (Å²) < 4.78 is 0. The van der Waals surface area contributed by atoms with E-state index in [4.69, 9.17) is 0 Å². The molecule has 2 rings (SSSR count). The van der Waals surface area contributed by atoms with Crippen molar-refractivity contribution in [3.05, 3.63) is 23.8 Å². The van der Waals surface area contributed by atoms with E-state index < -0.39 is 0 Å². The zero-order valence-electron chi connectivity index (χ0n) is 11.4. The highest BCUT2D eigenvalue weighted by Gasteiger charge is 2.18. The lowest BCUT2D eigenvalue weighted by Gasteiger charge is -2.26. The van der Waals surface area contributed by atoms with Crippen LogP contribution in [-0.2, 0) is 0 Å². The highest BCUT2D eigenvalue weighted by molar-refractivity contribution is 5.54. The highest BCUT2D eigenvalue weighted by atomic mass is 16.3. The standard InChI is InChI=1S/C15H24N2O/c1-3-17(4-2)12-8-9-13(15(18)11-12)14-7-5-6-10-16-14/h8-9,11,14,16,18H,3-7,10H2,1-2H3/t14-/m0/s1. The Hall–Kier alpha value is -1.22. The van der Waals surface area contributed by atoms with Crippen molar-refractivity contribution in [2.45, 2.75) is 39.2 Å². The minimum atomic E-state index is 0.324. The molecule has 1 atom stereocenters. The normalized spacial score (nSPS) is 19.8. The molecule has 0 aliphatic carbocycles. The van der Waals surface area contributed by atoms with Gasteiger partial charge < -0.3 is 15.3 Å². The average molecular weight is 248 g/mol. The van der Waals surface area contributed by atoms with Gasteiger partial charge in [0.25, 0.3) is 0 Å². The van der Waals surface area contributed by atoms with E-state index in [0.717, 1.165) is 37.3 Å².